The van der Waals surface area contributed by atoms with Crippen molar-refractivity contribution in [3.8, 4) is 0 Å². The molecule has 0 saturated carbocycles. The summed E-state index contributed by atoms with van der Waals surface area (Å²) in [4.78, 5) is 54.6. The summed E-state index contributed by atoms with van der Waals surface area (Å²) >= 11 is 0. The number of hydrogen-bond acceptors (Lipinski definition) is 4. The third-order valence-corrected chi connectivity index (χ3v) is 5.45. The monoisotopic (exact) mass is 454 g/mol. The van der Waals surface area contributed by atoms with E-state index in [-0.39, 0.29) is 12.5 Å². The van der Waals surface area contributed by atoms with Gasteiger partial charge in [-0.15, -0.1) is 0 Å². The van der Waals surface area contributed by atoms with E-state index in [1.54, 1.807) is 19.1 Å². The Kier molecular flexibility index (Phi) is 7.42. The van der Waals surface area contributed by atoms with E-state index in [4.69, 9.17) is 0 Å². The molecule has 1 N–H and O–H groups in total. The second kappa shape index (κ2) is 10.2. The topological polar surface area (TPSA) is 90.0 Å². The van der Waals surface area contributed by atoms with Gasteiger partial charge in [0.15, 0.2) is 0 Å². The molecule has 1 aliphatic heterocycles. The first-order valence-electron chi connectivity index (χ1n) is 10.8. The number of nitrogens with zero attached hydrogens (tertiary/aromatic N) is 3. The Hall–Kier alpha value is -3.75. The molecule has 3 rings (SSSR count). The molecule has 1 heterocycles. The number of rotatable bonds is 8. The predicted octanol–water partition coefficient (Wildman–Crippen LogP) is 3.17. The molecular weight excluding hydrogens is 427 g/mol. The van der Waals surface area contributed by atoms with Crippen LogP contribution in [0.1, 0.15) is 25.8 Å². The van der Waals surface area contributed by atoms with Crippen LogP contribution in [0.2, 0.25) is 0 Å². The Morgan fingerprint density at radius 2 is 1.76 bits per heavy atom. The van der Waals surface area contributed by atoms with E-state index in [1.165, 1.54) is 34.1 Å². The molecule has 0 aromatic heterocycles. The van der Waals surface area contributed by atoms with Crippen molar-refractivity contribution in [2.24, 2.45) is 0 Å². The van der Waals surface area contributed by atoms with Gasteiger partial charge in [-0.3, -0.25) is 24.2 Å². The van der Waals surface area contributed by atoms with Crippen molar-refractivity contribution in [3.05, 3.63) is 59.9 Å². The summed E-state index contributed by atoms with van der Waals surface area (Å²) in [6.07, 6.45) is 0.601. The smallest absolute Gasteiger partial charge is 0.332 e. The predicted molar refractivity (Wildman–Crippen MR) is 122 cm³/mol. The molecule has 2 aromatic rings. The fraction of sp³-hybridized carbons (Fsp3) is 0.333. The number of urea groups is 1. The van der Waals surface area contributed by atoms with Gasteiger partial charge in [0, 0.05) is 17.9 Å². The average Bonchev–Trinajstić information content (AvgIpc) is 2.99. The number of halogens is 1. The van der Waals surface area contributed by atoms with E-state index >= 15 is 0 Å². The summed E-state index contributed by atoms with van der Waals surface area (Å²) in [5.74, 6) is -1.87. The Labute approximate surface area is 192 Å². The minimum absolute atomic E-state index is 0.200. The van der Waals surface area contributed by atoms with Gasteiger partial charge in [-0.1, -0.05) is 25.1 Å². The minimum atomic E-state index is -0.834. The summed E-state index contributed by atoms with van der Waals surface area (Å²) in [5, 5.41) is 2.79. The van der Waals surface area contributed by atoms with E-state index in [2.05, 4.69) is 5.32 Å². The Morgan fingerprint density at radius 3 is 2.39 bits per heavy atom. The van der Waals surface area contributed by atoms with E-state index in [0.29, 0.717) is 24.3 Å². The first kappa shape index (κ1) is 23.9. The van der Waals surface area contributed by atoms with Crippen molar-refractivity contribution in [2.45, 2.75) is 33.2 Å². The molecule has 174 valence electrons. The van der Waals surface area contributed by atoms with Gasteiger partial charge in [0.25, 0.3) is 5.91 Å². The second-order valence-electron chi connectivity index (χ2n) is 7.91. The first-order chi connectivity index (χ1) is 15.7. The highest BCUT2D eigenvalue weighted by Crippen LogP contribution is 2.26. The van der Waals surface area contributed by atoms with Gasteiger partial charge >= 0.3 is 6.03 Å². The molecule has 1 atom stereocenters. The van der Waals surface area contributed by atoms with Crippen LogP contribution < -0.4 is 10.2 Å². The standard InChI is InChI=1S/C24H27FN4O4/c1-4-13-27(14-21(30)26-20-8-6-5-7-16(20)2)22(31)15-28-23(32)17(3)29(24(28)33)19-11-9-18(25)10-12-19/h5-12,17H,4,13-15H2,1-3H3,(H,26,30). The maximum absolute atomic E-state index is 13.3. The number of carbonyl (C=O) groups is 4. The van der Waals surface area contributed by atoms with Gasteiger partial charge < -0.3 is 10.2 Å². The van der Waals surface area contributed by atoms with Gasteiger partial charge in [0.1, 0.15) is 18.4 Å². The molecule has 1 fully saturated rings. The molecule has 0 bridgehead atoms. The third-order valence-electron chi connectivity index (χ3n) is 5.45. The van der Waals surface area contributed by atoms with Crippen LogP contribution in [-0.2, 0) is 14.4 Å². The molecule has 2 aromatic carbocycles. The molecule has 8 nitrogen and oxygen atoms in total. The normalized spacial score (nSPS) is 15.7. The lowest BCUT2D eigenvalue weighted by Gasteiger charge is -2.24. The zero-order valence-electron chi connectivity index (χ0n) is 18.9. The lowest BCUT2D eigenvalue weighted by Crippen LogP contribution is -2.46. The number of para-hydroxylation sites is 1. The summed E-state index contributed by atoms with van der Waals surface area (Å²) in [6.45, 7) is 4.90. The van der Waals surface area contributed by atoms with E-state index in [0.717, 1.165) is 10.5 Å². The number of nitrogens with one attached hydrogen (secondary N) is 1. The van der Waals surface area contributed by atoms with Gasteiger partial charge in [0.05, 0.1) is 6.54 Å². The summed E-state index contributed by atoms with van der Waals surface area (Å²) < 4.78 is 13.3. The van der Waals surface area contributed by atoms with Crippen LogP contribution in [-0.4, -0.2) is 59.2 Å². The molecule has 5 amide bonds. The quantitative estimate of drug-likeness (QED) is 0.621. The van der Waals surface area contributed by atoms with Crippen molar-refractivity contribution in [3.63, 3.8) is 0 Å². The average molecular weight is 455 g/mol. The van der Waals surface area contributed by atoms with Gasteiger partial charge in [-0.2, -0.15) is 0 Å². The molecule has 0 spiro atoms. The number of benzene rings is 2. The van der Waals surface area contributed by atoms with Crippen LogP contribution in [0.4, 0.5) is 20.6 Å². The number of aryl methyl sites for hydroxylation is 1. The molecule has 1 unspecified atom stereocenters. The Bertz CT molecular complexity index is 1060. The maximum Gasteiger partial charge on any atom is 0.332 e. The zero-order chi connectivity index (χ0) is 24.1. The first-order valence-corrected chi connectivity index (χ1v) is 10.8. The molecule has 0 radical (unpaired) electrons. The van der Waals surface area contributed by atoms with E-state index in [1.807, 2.05) is 26.0 Å². The van der Waals surface area contributed by atoms with Gasteiger partial charge in [-0.25, -0.2) is 9.18 Å². The largest absolute Gasteiger partial charge is 0.332 e. The highest BCUT2D eigenvalue weighted by atomic mass is 19.1. The van der Waals surface area contributed by atoms with Crippen molar-refractivity contribution in [1.82, 2.24) is 9.80 Å². The van der Waals surface area contributed by atoms with E-state index < -0.39 is 36.2 Å². The third kappa shape index (κ3) is 5.36. The summed E-state index contributed by atoms with van der Waals surface area (Å²) in [5.41, 5.74) is 1.91. The highest BCUT2D eigenvalue weighted by Gasteiger charge is 2.44. The second-order valence-corrected chi connectivity index (χ2v) is 7.91. The van der Waals surface area contributed by atoms with Gasteiger partial charge in [-0.05, 0) is 56.2 Å². The number of amides is 5. The van der Waals surface area contributed by atoms with Crippen molar-refractivity contribution >= 4 is 35.1 Å². The maximum atomic E-state index is 13.3. The lowest BCUT2D eigenvalue weighted by atomic mass is 10.2. The number of imide groups is 1. The number of anilines is 2. The Balaban J connectivity index is 1.69. The van der Waals surface area contributed by atoms with Crippen LogP contribution in [0.25, 0.3) is 0 Å². The minimum Gasteiger partial charge on any atom is -0.332 e. The molecule has 33 heavy (non-hydrogen) atoms. The van der Waals surface area contributed by atoms with E-state index in [9.17, 15) is 23.6 Å². The van der Waals surface area contributed by atoms with Crippen LogP contribution >= 0.6 is 0 Å². The zero-order valence-corrected chi connectivity index (χ0v) is 18.9. The fourth-order valence-electron chi connectivity index (χ4n) is 3.68. The summed E-state index contributed by atoms with van der Waals surface area (Å²) in [7, 11) is 0. The molecule has 9 heteroatoms. The fourth-order valence-corrected chi connectivity index (χ4v) is 3.68. The van der Waals surface area contributed by atoms with Crippen LogP contribution in [0.5, 0.6) is 0 Å². The lowest BCUT2D eigenvalue weighted by molar-refractivity contribution is -0.138. The van der Waals surface area contributed by atoms with Crippen molar-refractivity contribution < 1.29 is 23.6 Å². The molecule has 1 saturated heterocycles. The highest BCUT2D eigenvalue weighted by molar-refractivity contribution is 6.15. The number of carbonyl (C=O) groups excluding carboxylic acids is 4. The van der Waals surface area contributed by atoms with Crippen molar-refractivity contribution in [1.29, 1.82) is 0 Å². The number of hydrogen-bond donors (Lipinski definition) is 1. The molecule has 1 aliphatic rings. The van der Waals surface area contributed by atoms with Crippen LogP contribution in [0.15, 0.2) is 48.5 Å². The molecular formula is C24H27FN4O4. The SMILES string of the molecule is CCCN(CC(=O)Nc1ccccc1C)C(=O)CN1C(=O)C(C)N(c2ccc(F)cc2)C1=O. The van der Waals surface area contributed by atoms with Crippen LogP contribution in [0.3, 0.4) is 0 Å². The van der Waals surface area contributed by atoms with Crippen molar-refractivity contribution in [2.75, 3.05) is 29.9 Å². The van der Waals surface area contributed by atoms with Crippen LogP contribution in [0, 0.1) is 12.7 Å². The molecule has 0 aliphatic carbocycles. The summed E-state index contributed by atoms with van der Waals surface area (Å²) in [6, 6.07) is 11.0. The Morgan fingerprint density at radius 1 is 1.09 bits per heavy atom. The van der Waals surface area contributed by atoms with Gasteiger partial charge in [0.2, 0.25) is 11.8 Å².